The van der Waals surface area contributed by atoms with Crippen molar-refractivity contribution in [2.45, 2.75) is 33.4 Å². The summed E-state index contributed by atoms with van der Waals surface area (Å²) in [6.07, 6.45) is 2.00. The van der Waals surface area contributed by atoms with Crippen LogP contribution in [0.15, 0.2) is 41.0 Å². The molecule has 1 amide bonds. The molecule has 0 bridgehead atoms. The molecule has 1 N–H and O–H groups in total. The third-order valence-corrected chi connectivity index (χ3v) is 4.50. The van der Waals surface area contributed by atoms with Crippen LogP contribution in [0.2, 0.25) is 0 Å². The van der Waals surface area contributed by atoms with E-state index in [0.717, 1.165) is 11.4 Å². The Bertz CT molecular complexity index is 934. The minimum absolute atomic E-state index is 0.158. The van der Waals surface area contributed by atoms with E-state index in [9.17, 15) is 9.18 Å². The number of halogens is 2. The van der Waals surface area contributed by atoms with Gasteiger partial charge in [0.1, 0.15) is 5.82 Å². The maximum atomic E-state index is 13.8. The molecule has 136 valence electrons. The van der Waals surface area contributed by atoms with Crippen molar-refractivity contribution in [3.8, 4) is 0 Å². The number of aryl methyl sites for hydroxylation is 3. The third-order valence-electron chi connectivity index (χ3n) is 3.92. The lowest BCUT2D eigenvalue weighted by Crippen LogP contribution is -2.16. The SMILES string of the molecule is Cc1cc(C)n(CCC(=O)Nc2nn(Cc3ccccc3F)cc2Br)n1. The van der Waals surface area contributed by atoms with E-state index in [1.165, 1.54) is 6.07 Å². The predicted octanol–water partition coefficient (Wildman–Crippen LogP) is 3.68. The number of carbonyl (C=O) groups excluding carboxylic acids is 1. The van der Waals surface area contributed by atoms with Crippen molar-refractivity contribution < 1.29 is 9.18 Å². The van der Waals surface area contributed by atoms with Gasteiger partial charge in [0.15, 0.2) is 5.82 Å². The molecule has 0 saturated carbocycles. The van der Waals surface area contributed by atoms with Crippen LogP contribution in [0.5, 0.6) is 0 Å². The highest BCUT2D eigenvalue weighted by atomic mass is 79.9. The zero-order valence-electron chi connectivity index (χ0n) is 14.5. The molecule has 2 heterocycles. The van der Waals surface area contributed by atoms with Crippen molar-refractivity contribution in [1.29, 1.82) is 0 Å². The minimum atomic E-state index is -0.283. The topological polar surface area (TPSA) is 64.7 Å². The number of benzene rings is 1. The van der Waals surface area contributed by atoms with Gasteiger partial charge < -0.3 is 5.32 Å². The molecule has 26 heavy (non-hydrogen) atoms. The number of amides is 1. The lowest BCUT2D eigenvalue weighted by atomic mass is 10.2. The molecule has 0 aliphatic rings. The van der Waals surface area contributed by atoms with Crippen LogP contribution in [0.1, 0.15) is 23.4 Å². The molecule has 3 rings (SSSR count). The van der Waals surface area contributed by atoms with E-state index in [-0.39, 0.29) is 24.7 Å². The lowest BCUT2D eigenvalue weighted by molar-refractivity contribution is -0.116. The Hall–Kier alpha value is -2.48. The van der Waals surface area contributed by atoms with Crippen molar-refractivity contribution in [2.24, 2.45) is 0 Å². The molecule has 0 aliphatic heterocycles. The fraction of sp³-hybridized carbons (Fsp3) is 0.278. The largest absolute Gasteiger partial charge is 0.308 e. The van der Waals surface area contributed by atoms with Gasteiger partial charge in [-0.2, -0.15) is 10.2 Å². The number of hydrogen-bond donors (Lipinski definition) is 1. The number of nitrogens with one attached hydrogen (secondary N) is 1. The number of aromatic nitrogens is 4. The molecule has 0 spiro atoms. The molecule has 0 unspecified atom stereocenters. The van der Waals surface area contributed by atoms with Gasteiger partial charge >= 0.3 is 0 Å². The molecule has 3 aromatic rings. The lowest BCUT2D eigenvalue weighted by Gasteiger charge is -2.05. The van der Waals surface area contributed by atoms with E-state index in [2.05, 4.69) is 31.4 Å². The molecule has 6 nitrogen and oxygen atoms in total. The van der Waals surface area contributed by atoms with Gasteiger partial charge in [0, 0.05) is 30.4 Å². The molecule has 1 aromatic carbocycles. The Kier molecular flexibility index (Phi) is 5.51. The van der Waals surface area contributed by atoms with Gasteiger partial charge in [-0.1, -0.05) is 18.2 Å². The average molecular weight is 420 g/mol. The van der Waals surface area contributed by atoms with Crippen molar-refractivity contribution in [3.63, 3.8) is 0 Å². The summed E-state index contributed by atoms with van der Waals surface area (Å²) in [6.45, 7) is 4.66. The Labute approximate surface area is 159 Å². The summed E-state index contributed by atoms with van der Waals surface area (Å²) >= 11 is 3.38. The fourth-order valence-electron chi connectivity index (χ4n) is 2.67. The number of carbonyl (C=O) groups is 1. The van der Waals surface area contributed by atoms with Crippen molar-refractivity contribution in [2.75, 3.05) is 5.32 Å². The molecule has 8 heteroatoms. The molecule has 0 aliphatic carbocycles. The summed E-state index contributed by atoms with van der Waals surface area (Å²) in [5, 5.41) is 11.4. The molecule has 2 aromatic heterocycles. The highest BCUT2D eigenvalue weighted by Crippen LogP contribution is 2.21. The second kappa shape index (κ2) is 7.82. The minimum Gasteiger partial charge on any atom is -0.308 e. The summed E-state index contributed by atoms with van der Waals surface area (Å²) in [5.41, 5.74) is 2.48. The second-order valence-electron chi connectivity index (χ2n) is 6.06. The number of rotatable bonds is 6. The van der Waals surface area contributed by atoms with Gasteiger partial charge in [0.2, 0.25) is 5.91 Å². The van der Waals surface area contributed by atoms with Crippen LogP contribution in [0.3, 0.4) is 0 Å². The number of nitrogens with zero attached hydrogens (tertiary/aromatic N) is 4. The quantitative estimate of drug-likeness (QED) is 0.662. The summed E-state index contributed by atoms with van der Waals surface area (Å²) in [7, 11) is 0. The number of anilines is 1. The zero-order chi connectivity index (χ0) is 18.7. The van der Waals surface area contributed by atoms with Crippen LogP contribution in [-0.2, 0) is 17.9 Å². The van der Waals surface area contributed by atoms with Gasteiger partial charge in [-0.25, -0.2) is 4.39 Å². The Morgan fingerprint density at radius 2 is 2.04 bits per heavy atom. The van der Waals surface area contributed by atoms with E-state index in [4.69, 9.17) is 0 Å². The normalized spacial score (nSPS) is 10.9. The van der Waals surface area contributed by atoms with Crippen molar-refractivity contribution >= 4 is 27.7 Å². The predicted molar refractivity (Wildman–Crippen MR) is 100 cm³/mol. The van der Waals surface area contributed by atoms with E-state index in [1.54, 1.807) is 33.8 Å². The third kappa shape index (κ3) is 4.37. The Balaban J connectivity index is 1.61. The standard InChI is InChI=1S/C18H19BrFN5O/c1-12-9-13(2)25(22-12)8-7-17(26)21-18-15(19)11-24(23-18)10-14-5-3-4-6-16(14)20/h3-6,9,11H,7-8,10H2,1-2H3,(H,21,23,26). The summed E-state index contributed by atoms with van der Waals surface area (Å²) in [4.78, 5) is 12.2. The second-order valence-corrected chi connectivity index (χ2v) is 6.92. The summed E-state index contributed by atoms with van der Waals surface area (Å²) < 4.78 is 17.8. The van der Waals surface area contributed by atoms with Crippen molar-refractivity contribution in [1.82, 2.24) is 19.6 Å². The summed E-state index contributed by atoms with van der Waals surface area (Å²) in [5.74, 6) is -0.0244. The maximum Gasteiger partial charge on any atom is 0.227 e. The first-order valence-corrected chi connectivity index (χ1v) is 8.99. The monoisotopic (exact) mass is 419 g/mol. The van der Waals surface area contributed by atoms with E-state index >= 15 is 0 Å². The first kappa shape index (κ1) is 18.3. The average Bonchev–Trinajstić information content (AvgIpc) is 3.09. The van der Waals surface area contributed by atoms with Crippen LogP contribution in [0, 0.1) is 19.7 Å². The molecule has 0 atom stereocenters. The van der Waals surface area contributed by atoms with Gasteiger partial charge in [-0.15, -0.1) is 0 Å². The summed E-state index contributed by atoms with van der Waals surface area (Å²) in [6, 6.07) is 8.51. The van der Waals surface area contributed by atoms with Crippen LogP contribution >= 0.6 is 15.9 Å². The van der Waals surface area contributed by atoms with E-state index in [1.807, 2.05) is 19.9 Å². The zero-order valence-corrected chi connectivity index (χ0v) is 16.1. The Morgan fingerprint density at radius 1 is 1.27 bits per heavy atom. The highest BCUT2D eigenvalue weighted by molar-refractivity contribution is 9.10. The first-order valence-electron chi connectivity index (χ1n) is 8.19. The van der Waals surface area contributed by atoms with Crippen LogP contribution in [-0.4, -0.2) is 25.5 Å². The maximum absolute atomic E-state index is 13.8. The fourth-order valence-corrected chi connectivity index (χ4v) is 3.08. The molecular formula is C18H19BrFN5O. The van der Waals surface area contributed by atoms with Gasteiger partial charge in [-0.3, -0.25) is 14.2 Å². The molecule has 0 radical (unpaired) electrons. The highest BCUT2D eigenvalue weighted by Gasteiger charge is 2.12. The van der Waals surface area contributed by atoms with E-state index < -0.39 is 0 Å². The van der Waals surface area contributed by atoms with Crippen LogP contribution in [0.4, 0.5) is 10.2 Å². The van der Waals surface area contributed by atoms with Gasteiger partial charge in [0.25, 0.3) is 0 Å². The molecule has 0 fully saturated rings. The van der Waals surface area contributed by atoms with Gasteiger partial charge in [-0.05, 0) is 41.9 Å². The molecule has 0 saturated heterocycles. The van der Waals surface area contributed by atoms with Crippen LogP contribution in [0.25, 0.3) is 0 Å². The van der Waals surface area contributed by atoms with Gasteiger partial charge in [0.05, 0.1) is 16.7 Å². The van der Waals surface area contributed by atoms with Crippen LogP contribution < -0.4 is 5.32 Å². The van der Waals surface area contributed by atoms with E-state index in [0.29, 0.717) is 22.4 Å². The Morgan fingerprint density at radius 3 is 2.73 bits per heavy atom. The smallest absolute Gasteiger partial charge is 0.227 e. The first-order chi connectivity index (χ1) is 12.4. The number of hydrogen-bond acceptors (Lipinski definition) is 3. The molecular weight excluding hydrogens is 401 g/mol. The van der Waals surface area contributed by atoms with Crippen molar-refractivity contribution in [3.05, 3.63) is 63.8 Å².